The predicted molar refractivity (Wildman–Crippen MR) is 98.3 cm³/mol. The molecule has 3 aromatic heterocycles. The first-order valence-corrected chi connectivity index (χ1v) is 8.81. The molecule has 0 amide bonds. The van der Waals surface area contributed by atoms with E-state index in [9.17, 15) is 0 Å². The summed E-state index contributed by atoms with van der Waals surface area (Å²) in [5.41, 5.74) is 2.96. The van der Waals surface area contributed by atoms with Crippen molar-refractivity contribution in [2.75, 3.05) is 12.1 Å². The molecule has 8 heteroatoms. The molecule has 1 N–H and O–H groups in total. The van der Waals surface area contributed by atoms with E-state index < -0.39 is 0 Å². The smallest absolute Gasteiger partial charge is 0.231 e. The molecule has 4 heterocycles. The van der Waals surface area contributed by atoms with Crippen LogP contribution in [0.25, 0.3) is 20.7 Å². The van der Waals surface area contributed by atoms with Gasteiger partial charge >= 0.3 is 0 Å². The SMILES string of the molecule is c1ncc(-c2cc3ncnc(NCc4ccc5c(c4)OCO5)c3s2)cn1. The number of ether oxygens (including phenoxy) is 2. The number of nitrogens with one attached hydrogen (secondary N) is 1. The highest BCUT2D eigenvalue weighted by atomic mass is 32.1. The van der Waals surface area contributed by atoms with E-state index in [-0.39, 0.29) is 6.79 Å². The lowest BCUT2D eigenvalue weighted by Crippen LogP contribution is -2.01. The van der Waals surface area contributed by atoms with Gasteiger partial charge in [-0.1, -0.05) is 6.07 Å². The molecular formula is C18H13N5O2S. The Labute approximate surface area is 152 Å². The number of aromatic nitrogens is 4. The minimum Gasteiger partial charge on any atom is -0.454 e. The van der Waals surface area contributed by atoms with Crippen LogP contribution in [0, 0.1) is 0 Å². The zero-order chi connectivity index (χ0) is 17.3. The fraction of sp³-hybridized carbons (Fsp3) is 0.111. The summed E-state index contributed by atoms with van der Waals surface area (Å²) in [4.78, 5) is 18.0. The molecule has 0 bridgehead atoms. The summed E-state index contributed by atoms with van der Waals surface area (Å²) in [6.07, 6.45) is 6.69. The van der Waals surface area contributed by atoms with Crippen molar-refractivity contribution in [2.24, 2.45) is 0 Å². The first kappa shape index (κ1) is 15.0. The Morgan fingerprint density at radius 3 is 2.81 bits per heavy atom. The quantitative estimate of drug-likeness (QED) is 0.594. The Bertz CT molecular complexity index is 1080. The van der Waals surface area contributed by atoms with Crippen LogP contribution < -0.4 is 14.8 Å². The molecule has 7 nitrogen and oxygen atoms in total. The van der Waals surface area contributed by atoms with Gasteiger partial charge < -0.3 is 14.8 Å². The van der Waals surface area contributed by atoms with Gasteiger partial charge in [0.05, 0.1) is 10.2 Å². The van der Waals surface area contributed by atoms with Crippen molar-refractivity contribution in [1.29, 1.82) is 0 Å². The Hall–Kier alpha value is -3.26. The third-order valence-electron chi connectivity index (χ3n) is 4.05. The van der Waals surface area contributed by atoms with Gasteiger partial charge in [-0.3, -0.25) is 0 Å². The first-order valence-electron chi connectivity index (χ1n) is 7.99. The molecular weight excluding hydrogens is 350 g/mol. The minimum atomic E-state index is 0.278. The van der Waals surface area contributed by atoms with E-state index in [1.165, 1.54) is 6.33 Å². The molecule has 0 saturated heterocycles. The van der Waals surface area contributed by atoms with E-state index in [1.54, 1.807) is 30.1 Å². The summed E-state index contributed by atoms with van der Waals surface area (Å²) in [7, 11) is 0. The highest BCUT2D eigenvalue weighted by molar-refractivity contribution is 7.22. The summed E-state index contributed by atoms with van der Waals surface area (Å²) in [5.74, 6) is 2.37. The van der Waals surface area contributed by atoms with Crippen LogP contribution in [0.1, 0.15) is 5.56 Å². The molecule has 5 rings (SSSR count). The zero-order valence-electron chi connectivity index (χ0n) is 13.5. The number of hydrogen-bond acceptors (Lipinski definition) is 8. The van der Waals surface area contributed by atoms with Gasteiger partial charge in [0.1, 0.15) is 18.5 Å². The maximum atomic E-state index is 5.43. The lowest BCUT2D eigenvalue weighted by Gasteiger charge is -2.07. The lowest BCUT2D eigenvalue weighted by molar-refractivity contribution is 0.174. The fourth-order valence-electron chi connectivity index (χ4n) is 2.79. The second-order valence-electron chi connectivity index (χ2n) is 5.72. The number of anilines is 1. The van der Waals surface area contributed by atoms with E-state index in [0.717, 1.165) is 43.5 Å². The van der Waals surface area contributed by atoms with Crippen molar-refractivity contribution >= 4 is 27.4 Å². The van der Waals surface area contributed by atoms with Gasteiger partial charge in [-0.15, -0.1) is 11.3 Å². The number of hydrogen-bond donors (Lipinski definition) is 1. The number of benzene rings is 1. The number of fused-ring (bicyclic) bond motifs is 2. The van der Waals surface area contributed by atoms with Crippen LogP contribution in [0.15, 0.2) is 49.3 Å². The Balaban J connectivity index is 1.43. The van der Waals surface area contributed by atoms with E-state index in [0.29, 0.717) is 6.54 Å². The van der Waals surface area contributed by atoms with Crippen molar-refractivity contribution in [3.8, 4) is 21.9 Å². The Kier molecular flexibility index (Phi) is 3.60. The van der Waals surface area contributed by atoms with Crippen LogP contribution in [0.2, 0.25) is 0 Å². The molecule has 0 fully saturated rings. The van der Waals surface area contributed by atoms with Gasteiger partial charge in [0.25, 0.3) is 0 Å². The molecule has 1 aliphatic heterocycles. The van der Waals surface area contributed by atoms with Gasteiger partial charge in [0.2, 0.25) is 6.79 Å². The van der Waals surface area contributed by atoms with Gasteiger partial charge in [-0.25, -0.2) is 19.9 Å². The highest BCUT2D eigenvalue weighted by Crippen LogP contribution is 2.36. The van der Waals surface area contributed by atoms with Crippen LogP contribution in [-0.4, -0.2) is 26.7 Å². The van der Waals surface area contributed by atoms with E-state index in [1.807, 2.05) is 24.3 Å². The molecule has 0 unspecified atom stereocenters. The average molecular weight is 363 g/mol. The van der Waals surface area contributed by atoms with E-state index >= 15 is 0 Å². The van der Waals surface area contributed by atoms with Gasteiger partial charge in [0.15, 0.2) is 11.5 Å². The summed E-state index contributed by atoms with van der Waals surface area (Å²) < 4.78 is 11.8. The average Bonchev–Trinajstić information content (AvgIpc) is 3.33. The molecule has 0 aliphatic carbocycles. The molecule has 0 radical (unpaired) electrons. The molecule has 1 aliphatic rings. The zero-order valence-corrected chi connectivity index (χ0v) is 14.4. The van der Waals surface area contributed by atoms with Crippen molar-refractivity contribution in [2.45, 2.75) is 6.54 Å². The van der Waals surface area contributed by atoms with Gasteiger partial charge in [-0.2, -0.15) is 0 Å². The van der Waals surface area contributed by atoms with Crippen LogP contribution >= 0.6 is 11.3 Å². The summed E-state index contributed by atoms with van der Waals surface area (Å²) in [5, 5.41) is 3.39. The maximum Gasteiger partial charge on any atom is 0.231 e. The molecule has 1 aromatic carbocycles. The monoisotopic (exact) mass is 363 g/mol. The second kappa shape index (κ2) is 6.23. The first-order chi connectivity index (χ1) is 12.9. The minimum absolute atomic E-state index is 0.278. The topological polar surface area (TPSA) is 82.1 Å². The summed E-state index contributed by atoms with van der Waals surface area (Å²) in [6.45, 7) is 0.907. The number of thiophene rings is 1. The normalized spacial score (nSPS) is 12.5. The van der Waals surface area contributed by atoms with Crippen molar-refractivity contribution in [3.63, 3.8) is 0 Å². The third kappa shape index (κ3) is 2.70. The highest BCUT2D eigenvalue weighted by Gasteiger charge is 2.14. The standard InChI is InChI=1S/C18H13N5O2S/c1-2-14-15(25-10-24-14)3-11(1)5-21-18-17-13(22-9-23-18)4-16(26-17)12-6-19-8-20-7-12/h1-4,6-9H,5,10H2,(H,21,22,23). The van der Waals surface area contributed by atoms with Crippen LogP contribution in [0.4, 0.5) is 5.82 Å². The fourth-order valence-corrected chi connectivity index (χ4v) is 3.84. The molecule has 26 heavy (non-hydrogen) atoms. The van der Waals surface area contributed by atoms with Crippen molar-refractivity contribution in [1.82, 2.24) is 19.9 Å². The maximum absolute atomic E-state index is 5.43. The third-order valence-corrected chi connectivity index (χ3v) is 5.23. The van der Waals surface area contributed by atoms with Crippen LogP contribution in [-0.2, 0) is 6.54 Å². The largest absolute Gasteiger partial charge is 0.454 e. The van der Waals surface area contributed by atoms with Gasteiger partial charge in [-0.05, 0) is 23.8 Å². The van der Waals surface area contributed by atoms with Gasteiger partial charge in [0, 0.05) is 29.4 Å². The van der Waals surface area contributed by atoms with Crippen molar-refractivity contribution in [3.05, 3.63) is 54.9 Å². The molecule has 0 atom stereocenters. The lowest BCUT2D eigenvalue weighted by atomic mass is 10.2. The number of rotatable bonds is 4. The second-order valence-corrected chi connectivity index (χ2v) is 6.77. The summed E-state index contributed by atoms with van der Waals surface area (Å²) in [6, 6.07) is 7.95. The van der Waals surface area contributed by atoms with Crippen LogP contribution in [0.5, 0.6) is 11.5 Å². The molecule has 0 saturated carbocycles. The van der Waals surface area contributed by atoms with E-state index in [2.05, 4.69) is 25.3 Å². The van der Waals surface area contributed by atoms with Crippen LogP contribution in [0.3, 0.4) is 0 Å². The summed E-state index contributed by atoms with van der Waals surface area (Å²) >= 11 is 1.62. The van der Waals surface area contributed by atoms with E-state index in [4.69, 9.17) is 9.47 Å². The number of nitrogens with zero attached hydrogens (tertiary/aromatic N) is 4. The predicted octanol–water partition coefficient (Wildman–Crippen LogP) is 3.49. The van der Waals surface area contributed by atoms with Crippen molar-refractivity contribution < 1.29 is 9.47 Å². The molecule has 0 spiro atoms. The molecule has 4 aromatic rings. The Morgan fingerprint density at radius 1 is 1.00 bits per heavy atom. The molecule has 128 valence electrons. The Morgan fingerprint density at radius 2 is 1.88 bits per heavy atom.